The summed E-state index contributed by atoms with van der Waals surface area (Å²) < 4.78 is 0. The molecule has 4 rings (SSSR count). The second-order valence-electron chi connectivity index (χ2n) is 9.82. The summed E-state index contributed by atoms with van der Waals surface area (Å²) in [5.41, 5.74) is -0.711. The second-order valence-corrected chi connectivity index (χ2v) is 9.82. The zero-order chi connectivity index (χ0) is 17.3. The van der Waals surface area contributed by atoms with Crippen LogP contribution in [0, 0.1) is 34.5 Å². The van der Waals surface area contributed by atoms with Crippen LogP contribution in [0.1, 0.15) is 78.6 Å². The van der Waals surface area contributed by atoms with E-state index >= 15 is 0 Å². The molecule has 0 aliphatic heterocycles. The third kappa shape index (κ3) is 1.94. The molecule has 3 nitrogen and oxygen atoms in total. The van der Waals surface area contributed by atoms with Crippen molar-refractivity contribution >= 4 is 11.6 Å². The van der Waals surface area contributed by atoms with Crippen LogP contribution in [0.5, 0.6) is 0 Å². The molecule has 0 unspecified atom stereocenters. The van der Waals surface area contributed by atoms with Crippen molar-refractivity contribution in [2.75, 3.05) is 0 Å². The molecule has 0 bridgehead atoms. The van der Waals surface area contributed by atoms with Crippen molar-refractivity contribution in [1.82, 2.24) is 0 Å². The van der Waals surface area contributed by atoms with Crippen molar-refractivity contribution < 1.29 is 14.7 Å². The van der Waals surface area contributed by atoms with E-state index < -0.39 is 5.60 Å². The largest absolute Gasteiger partial charge is 0.389 e. The van der Waals surface area contributed by atoms with Crippen molar-refractivity contribution in [3.8, 4) is 0 Å². The fraction of sp³-hybridized carbons (Fsp3) is 0.905. The minimum absolute atomic E-state index is 0.0295. The molecule has 0 saturated heterocycles. The number of hydrogen-bond donors (Lipinski definition) is 1. The Morgan fingerprint density at radius 3 is 2.50 bits per heavy atom. The number of ketones is 2. The average molecular weight is 332 g/mol. The van der Waals surface area contributed by atoms with Crippen molar-refractivity contribution in [2.45, 2.75) is 84.2 Å². The van der Waals surface area contributed by atoms with E-state index in [2.05, 4.69) is 13.8 Å². The molecule has 24 heavy (non-hydrogen) atoms. The van der Waals surface area contributed by atoms with E-state index in [0.717, 1.165) is 57.8 Å². The minimum atomic E-state index is -0.679. The van der Waals surface area contributed by atoms with E-state index in [1.54, 1.807) is 6.92 Å². The molecule has 1 N–H and O–H groups in total. The van der Waals surface area contributed by atoms with Crippen LogP contribution in [-0.2, 0) is 9.59 Å². The highest BCUT2D eigenvalue weighted by molar-refractivity contribution is 5.80. The first kappa shape index (κ1) is 16.8. The lowest BCUT2D eigenvalue weighted by molar-refractivity contribution is -0.205. The third-order valence-electron chi connectivity index (χ3n) is 9.16. The second kappa shape index (κ2) is 5.16. The highest BCUT2D eigenvalue weighted by atomic mass is 16.3. The fourth-order valence-electron chi connectivity index (χ4n) is 7.66. The molecule has 3 heteroatoms. The van der Waals surface area contributed by atoms with Crippen molar-refractivity contribution in [2.24, 2.45) is 34.5 Å². The van der Waals surface area contributed by atoms with Gasteiger partial charge in [-0.15, -0.1) is 0 Å². The van der Waals surface area contributed by atoms with Gasteiger partial charge in [0.25, 0.3) is 0 Å². The molecule has 0 radical (unpaired) electrons. The van der Waals surface area contributed by atoms with E-state index in [9.17, 15) is 14.7 Å². The van der Waals surface area contributed by atoms with E-state index in [4.69, 9.17) is 0 Å². The Bertz CT molecular complexity index is 584. The first-order valence-corrected chi connectivity index (χ1v) is 9.97. The normalized spacial score (nSPS) is 53.9. The molecule has 0 aromatic carbocycles. The molecule has 7 atom stereocenters. The quantitative estimate of drug-likeness (QED) is 0.792. The van der Waals surface area contributed by atoms with Crippen LogP contribution in [-0.4, -0.2) is 22.3 Å². The van der Waals surface area contributed by atoms with Gasteiger partial charge in [0.2, 0.25) is 0 Å². The monoisotopic (exact) mass is 332 g/mol. The molecule has 4 saturated carbocycles. The van der Waals surface area contributed by atoms with Crippen LogP contribution >= 0.6 is 0 Å². The molecule has 4 fully saturated rings. The zero-order valence-electron chi connectivity index (χ0n) is 15.4. The summed E-state index contributed by atoms with van der Waals surface area (Å²) in [6, 6.07) is 0. The molecule has 0 aromatic heterocycles. The van der Waals surface area contributed by atoms with Crippen LogP contribution in [0.25, 0.3) is 0 Å². The Morgan fingerprint density at radius 2 is 1.79 bits per heavy atom. The number of fused-ring (bicyclic) bond motifs is 5. The highest BCUT2D eigenvalue weighted by Gasteiger charge is 2.67. The molecule has 0 spiro atoms. The summed E-state index contributed by atoms with van der Waals surface area (Å²) >= 11 is 0. The highest BCUT2D eigenvalue weighted by Crippen LogP contribution is 2.68. The molecule has 0 heterocycles. The lowest BCUT2D eigenvalue weighted by Gasteiger charge is -2.63. The Labute approximate surface area is 145 Å². The fourth-order valence-corrected chi connectivity index (χ4v) is 7.66. The van der Waals surface area contributed by atoms with Gasteiger partial charge in [0.15, 0.2) is 0 Å². The molecule has 4 aliphatic carbocycles. The summed E-state index contributed by atoms with van der Waals surface area (Å²) in [5, 5.41) is 11.8. The van der Waals surface area contributed by atoms with E-state index in [1.807, 2.05) is 0 Å². The molecule has 0 aromatic rings. The number of hydrogen-bond acceptors (Lipinski definition) is 3. The zero-order valence-corrected chi connectivity index (χ0v) is 15.4. The first-order valence-electron chi connectivity index (χ1n) is 9.97. The lowest BCUT2D eigenvalue weighted by Crippen LogP contribution is -2.62. The standard InChI is InChI=1S/C21H32O3/c1-13(22)16-8-11-21(24)18-5-4-14-12-15(23)6-9-19(14,2)17(18)7-10-20(16,21)3/h14,16-18,24H,4-12H2,1-3H3/t14-,16-,17+,18-,19+,20-,21+/m1/s1. The Morgan fingerprint density at radius 1 is 1.04 bits per heavy atom. The summed E-state index contributed by atoms with van der Waals surface area (Å²) in [5.74, 6) is 2.07. The van der Waals surface area contributed by atoms with Gasteiger partial charge in [0, 0.05) is 24.2 Å². The number of rotatable bonds is 1. The maximum atomic E-state index is 12.2. The van der Waals surface area contributed by atoms with Gasteiger partial charge in [-0.05, 0) is 75.0 Å². The van der Waals surface area contributed by atoms with E-state index in [-0.39, 0.29) is 22.5 Å². The maximum absolute atomic E-state index is 12.2. The summed E-state index contributed by atoms with van der Waals surface area (Å²) in [4.78, 5) is 24.1. The number of aliphatic hydroxyl groups is 1. The molecular weight excluding hydrogens is 300 g/mol. The van der Waals surface area contributed by atoms with Gasteiger partial charge in [0.1, 0.15) is 11.6 Å². The van der Waals surface area contributed by atoms with Gasteiger partial charge in [-0.2, -0.15) is 0 Å². The predicted molar refractivity (Wildman–Crippen MR) is 92.4 cm³/mol. The molecule has 4 aliphatic rings. The van der Waals surface area contributed by atoms with Crippen LogP contribution in [0.3, 0.4) is 0 Å². The molecule has 0 amide bonds. The van der Waals surface area contributed by atoms with Gasteiger partial charge in [0.05, 0.1) is 5.60 Å². The van der Waals surface area contributed by atoms with E-state index in [0.29, 0.717) is 23.5 Å². The van der Waals surface area contributed by atoms with E-state index in [1.165, 1.54) is 0 Å². The van der Waals surface area contributed by atoms with Crippen LogP contribution in [0.15, 0.2) is 0 Å². The van der Waals surface area contributed by atoms with Crippen molar-refractivity contribution in [3.05, 3.63) is 0 Å². The maximum Gasteiger partial charge on any atom is 0.133 e. The average Bonchev–Trinajstić information content (AvgIpc) is 2.80. The Hall–Kier alpha value is -0.700. The van der Waals surface area contributed by atoms with Gasteiger partial charge in [-0.3, -0.25) is 9.59 Å². The minimum Gasteiger partial charge on any atom is -0.389 e. The SMILES string of the molecule is CC(=O)[C@H]1CC[C@]2(O)[C@@H]3CC[C@@H]4CC(=O)CC[C@]4(C)[C@H]3CC[C@]12C. The molecular formula is C21H32O3. The Balaban J connectivity index is 1.69. The first-order chi connectivity index (χ1) is 11.2. The summed E-state index contributed by atoms with van der Waals surface area (Å²) in [6.07, 6.45) is 8.31. The third-order valence-corrected chi connectivity index (χ3v) is 9.16. The Kier molecular flexibility index (Phi) is 3.60. The van der Waals surface area contributed by atoms with Gasteiger partial charge >= 0.3 is 0 Å². The summed E-state index contributed by atoms with van der Waals surface area (Å²) in [6.45, 7) is 6.28. The van der Waals surface area contributed by atoms with Crippen molar-refractivity contribution in [3.63, 3.8) is 0 Å². The van der Waals surface area contributed by atoms with Crippen LogP contribution in [0.4, 0.5) is 0 Å². The number of carbonyl (C=O) groups is 2. The lowest BCUT2D eigenvalue weighted by atomic mass is 9.43. The van der Waals surface area contributed by atoms with Crippen LogP contribution in [0.2, 0.25) is 0 Å². The topological polar surface area (TPSA) is 54.4 Å². The number of carbonyl (C=O) groups excluding carboxylic acids is 2. The van der Waals surface area contributed by atoms with Gasteiger partial charge in [-0.25, -0.2) is 0 Å². The summed E-state index contributed by atoms with van der Waals surface area (Å²) in [7, 11) is 0. The smallest absolute Gasteiger partial charge is 0.133 e. The number of Topliss-reactive ketones (excluding diaryl/α,β-unsaturated/α-hetero) is 2. The van der Waals surface area contributed by atoms with Gasteiger partial charge in [-0.1, -0.05) is 13.8 Å². The van der Waals surface area contributed by atoms with Gasteiger partial charge < -0.3 is 5.11 Å². The molecule has 134 valence electrons. The van der Waals surface area contributed by atoms with Crippen LogP contribution < -0.4 is 0 Å². The predicted octanol–water partition coefficient (Wildman–Crippen LogP) is 3.92. The van der Waals surface area contributed by atoms with Crippen molar-refractivity contribution in [1.29, 1.82) is 0 Å².